The van der Waals surface area contributed by atoms with Crippen LogP contribution in [0.5, 0.6) is 5.75 Å². The minimum absolute atomic E-state index is 0.0590. The lowest BCUT2D eigenvalue weighted by Crippen LogP contribution is -2.24. The molecular weight excluding hydrogens is 379 g/mol. The fourth-order valence-corrected chi connectivity index (χ4v) is 3.40. The number of methoxy groups -OCH3 is 1. The van der Waals surface area contributed by atoms with Crippen molar-refractivity contribution in [2.45, 2.75) is 19.2 Å². The third-order valence-electron chi connectivity index (χ3n) is 4.12. The monoisotopic (exact) mass is 400 g/mol. The third kappa shape index (κ3) is 5.13. The molecule has 7 heteroatoms. The average Bonchev–Trinajstić information content (AvgIpc) is 3.07. The number of hydrogen-bond acceptors (Lipinski definition) is 5. The highest BCUT2D eigenvalue weighted by molar-refractivity contribution is 7.99. The van der Waals surface area contributed by atoms with Crippen LogP contribution in [0.25, 0.3) is 11.5 Å². The molecular formula is C21H21FN2O3S. The maximum absolute atomic E-state index is 13.9. The van der Waals surface area contributed by atoms with Crippen molar-refractivity contribution in [2.24, 2.45) is 0 Å². The first-order valence-electron chi connectivity index (χ1n) is 8.75. The number of aromatic nitrogens is 1. The number of nitrogens with one attached hydrogen (secondary N) is 1. The van der Waals surface area contributed by atoms with E-state index >= 15 is 0 Å². The molecule has 0 bridgehead atoms. The number of rotatable bonds is 8. The van der Waals surface area contributed by atoms with Gasteiger partial charge in [0.25, 0.3) is 0 Å². The number of oxazole rings is 1. The highest BCUT2D eigenvalue weighted by atomic mass is 32.2. The second-order valence-electron chi connectivity index (χ2n) is 6.12. The van der Waals surface area contributed by atoms with Gasteiger partial charge in [-0.15, -0.1) is 11.8 Å². The van der Waals surface area contributed by atoms with E-state index in [9.17, 15) is 9.18 Å². The fraction of sp³-hybridized carbons (Fsp3) is 0.238. The largest absolute Gasteiger partial charge is 0.497 e. The van der Waals surface area contributed by atoms with Crippen LogP contribution in [0.4, 0.5) is 4.39 Å². The Bertz CT molecular complexity index is 941. The molecule has 0 unspecified atom stereocenters. The quantitative estimate of drug-likeness (QED) is 0.609. The Morgan fingerprint density at radius 3 is 2.68 bits per heavy atom. The lowest BCUT2D eigenvalue weighted by molar-refractivity contribution is -0.118. The minimum Gasteiger partial charge on any atom is -0.497 e. The fourth-order valence-electron chi connectivity index (χ4n) is 2.55. The Labute approximate surface area is 167 Å². The van der Waals surface area contributed by atoms with Crippen LogP contribution in [0.1, 0.15) is 17.0 Å². The second-order valence-corrected chi connectivity index (χ2v) is 7.10. The first kappa shape index (κ1) is 19.9. The highest BCUT2D eigenvalue weighted by Gasteiger charge is 2.15. The topological polar surface area (TPSA) is 64.4 Å². The van der Waals surface area contributed by atoms with Crippen molar-refractivity contribution in [1.82, 2.24) is 10.3 Å². The molecule has 0 saturated carbocycles. The summed E-state index contributed by atoms with van der Waals surface area (Å²) in [6.45, 7) is 2.25. The molecule has 1 aromatic heterocycles. The first-order valence-corrected chi connectivity index (χ1v) is 9.91. The molecule has 5 nitrogen and oxygen atoms in total. The van der Waals surface area contributed by atoms with Crippen molar-refractivity contribution in [3.05, 3.63) is 71.4 Å². The van der Waals surface area contributed by atoms with Gasteiger partial charge in [0.05, 0.1) is 24.1 Å². The summed E-state index contributed by atoms with van der Waals surface area (Å²) in [7, 11) is 1.61. The minimum atomic E-state index is -0.374. The number of halogens is 1. The normalized spacial score (nSPS) is 10.7. The number of hydrogen-bond donors (Lipinski definition) is 1. The molecule has 0 aliphatic rings. The number of ether oxygens (including phenoxy) is 1. The van der Waals surface area contributed by atoms with Crippen LogP contribution in [-0.4, -0.2) is 23.8 Å². The van der Waals surface area contributed by atoms with Crippen molar-refractivity contribution < 1.29 is 18.3 Å². The lowest BCUT2D eigenvalue weighted by Gasteiger charge is -2.06. The second kappa shape index (κ2) is 9.41. The Morgan fingerprint density at radius 2 is 1.96 bits per heavy atom. The zero-order chi connectivity index (χ0) is 19.9. The van der Waals surface area contributed by atoms with E-state index in [4.69, 9.17) is 9.15 Å². The molecule has 1 N–H and O–H groups in total. The van der Waals surface area contributed by atoms with Crippen molar-refractivity contribution in [3.63, 3.8) is 0 Å². The summed E-state index contributed by atoms with van der Waals surface area (Å²) in [4.78, 5) is 16.4. The third-order valence-corrected chi connectivity index (χ3v) is 5.06. The summed E-state index contributed by atoms with van der Waals surface area (Å²) in [5.41, 5.74) is 2.05. The molecule has 0 saturated heterocycles. The molecule has 0 aliphatic heterocycles. The predicted octanol–water partition coefficient (Wildman–Crippen LogP) is 4.35. The van der Waals surface area contributed by atoms with E-state index in [0.29, 0.717) is 35.1 Å². The molecule has 0 fully saturated rings. The van der Waals surface area contributed by atoms with Gasteiger partial charge in [-0.1, -0.05) is 24.3 Å². The van der Waals surface area contributed by atoms with Crippen molar-refractivity contribution in [2.75, 3.05) is 12.9 Å². The first-order chi connectivity index (χ1) is 13.6. The number of carbonyl (C=O) groups excluding carboxylic acids is 1. The van der Waals surface area contributed by atoms with Gasteiger partial charge in [0.1, 0.15) is 17.3 Å². The van der Waals surface area contributed by atoms with Crippen LogP contribution in [-0.2, 0) is 17.1 Å². The van der Waals surface area contributed by atoms with Gasteiger partial charge in [0.15, 0.2) is 0 Å². The number of carbonyl (C=O) groups is 1. The van der Waals surface area contributed by atoms with E-state index in [2.05, 4.69) is 10.3 Å². The number of amides is 1. The number of thioether (sulfide) groups is 1. The number of nitrogens with zero attached hydrogens (tertiary/aromatic N) is 1. The Kier molecular flexibility index (Phi) is 6.71. The van der Waals surface area contributed by atoms with Crippen molar-refractivity contribution in [1.29, 1.82) is 0 Å². The van der Waals surface area contributed by atoms with E-state index in [1.54, 1.807) is 32.2 Å². The van der Waals surface area contributed by atoms with E-state index in [-0.39, 0.29) is 17.6 Å². The molecule has 0 atom stereocenters. The average molecular weight is 400 g/mol. The summed E-state index contributed by atoms with van der Waals surface area (Å²) in [6.07, 6.45) is 0. The molecule has 1 heterocycles. The smallest absolute Gasteiger partial charge is 0.230 e. The van der Waals surface area contributed by atoms with Crippen LogP contribution < -0.4 is 10.1 Å². The molecule has 3 rings (SSSR count). The Balaban J connectivity index is 1.48. The van der Waals surface area contributed by atoms with E-state index in [0.717, 1.165) is 11.3 Å². The Morgan fingerprint density at radius 1 is 1.21 bits per heavy atom. The van der Waals surface area contributed by atoms with E-state index in [1.165, 1.54) is 17.8 Å². The highest BCUT2D eigenvalue weighted by Crippen LogP contribution is 2.26. The van der Waals surface area contributed by atoms with Gasteiger partial charge < -0.3 is 14.5 Å². The summed E-state index contributed by atoms with van der Waals surface area (Å²) in [5, 5.41) is 2.88. The summed E-state index contributed by atoms with van der Waals surface area (Å²) < 4.78 is 24.6. The summed E-state index contributed by atoms with van der Waals surface area (Å²) in [6, 6.07) is 13.9. The zero-order valence-electron chi connectivity index (χ0n) is 15.7. The lowest BCUT2D eigenvalue weighted by atomic mass is 10.2. The zero-order valence-corrected chi connectivity index (χ0v) is 16.5. The molecule has 0 aliphatic carbocycles. The number of benzene rings is 2. The molecule has 146 valence electrons. The van der Waals surface area contributed by atoms with Crippen LogP contribution in [0, 0.1) is 12.7 Å². The predicted molar refractivity (Wildman–Crippen MR) is 108 cm³/mol. The van der Waals surface area contributed by atoms with Crippen molar-refractivity contribution in [3.8, 4) is 17.2 Å². The molecule has 3 aromatic rings. The van der Waals surface area contributed by atoms with Crippen LogP contribution in [0.2, 0.25) is 0 Å². The SMILES string of the molecule is COc1ccc(CNC(=O)CSCc2nc(-c3ccccc3F)oc2C)cc1. The maximum atomic E-state index is 13.9. The van der Waals surface area contributed by atoms with Gasteiger partial charge in [-0.3, -0.25) is 4.79 Å². The van der Waals surface area contributed by atoms with Crippen LogP contribution in [0.15, 0.2) is 52.9 Å². The van der Waals surface area contributed by atoms with Gasteiger partial charge in [-0.25, -0.2) is 9.37 Å². The standard InChI is InChI=1S/C21H21FN2O3S/c1-14-19(24-21(27-14)17-5-3-4-6-18(17)22)12-28-13-20(25)23-11-15-7-9-16(26-2)10-8-15/h3-10H,11-13H2,1-2H3,(H,23,25). The Hall–Kier alpha value is -2.80. The van der Waals surface area contributed by atoms with Crippen LogP contribution >= 0.6 is 11.8 Å². The van der Waals surface area contributed by atoms with Crippen molar-refractivity contribution >= 4 is 17.7 Å². The number of aryl methyl sites for hydroxylation is 1. The van der Waals surface area contributed by atoms with E-state index in [1.807, 2.05) is 24.3 Å². The molecule has 2 aromatic carbocycles. The van der Waals surface area contributed by atoms with Gasteiger partial charge >= 0.3 is 0 Å². The molecule has 0 spiro atoms. The van der Waals surface area contributed by atoms with Gasteiger partial charge in [-0.2, -0.15) is 0 Å². The van der Waals surface area contributed by atoms with Crippen LogP contribution in [0.3, 0.4) is 0 Å². The maximum Gasteiger partial charge on any atom is 0.230 e. The van der Waals surface area contributed by atoms with Gasteiger partial charge in [0, 0.05) is 12.3 Å². The molecule has 0 radical (unpaired) electrons. The molecule has 1 amide bonds. The summed E-state index contributed by atoms with van der Waals surface area (Å²) >= 11 is 1.43. The summed E-state index contributed by atoms with van der Waals surface area (Å²) in [5.74, 6) is 2.05. The van der Waals surface area contributed by atoms with E-state index < -0.39 is 0 Å². The van der Waals surface area contributed by atoms with Gasteiger partial charge in [0.2, 0.25) is 11.8 Å². The molecule has 28 heavy (non-hydrogen) atoms. The van der Waals surface area contributed by atoms with Gasteiger partial charge in [-0.05, 0) is 36.8 Å².